The van der Waals surface area contributed by atoms with Crippen LogP contribution in [0.25, 0.3) is 0 Å². The summed E-state index contributed by atoms with van der Waals surface area (Å²) in [4.78, 5) is 15.4. The van der Waals surface area contributed by atoms with Gasteiger partial charge in [0.2, 0.25) is 0 Å². The van der Waals surface area contributed by atoms with Crippen molar-refractivity contribution in [2.75, 3.05) is 16.2 Å². The SMILES string of the molecule is Cc1cc(C)c(S(=O)(=O)Nc2ccc3c(c2)CCN3C(=O)c2cccs2)cc1C. The second-order valence-electron chi connectivity index (χ2n) is 7.34. The molecule has 0 atom stereocenters. The second-order valence-corrected chi connectivity index (χ2v) is 9.93. The number of benzene rings is 2. The highest BCUT2D eigenvalue weighted by Gasteiger charge is 2.27. The van der Waals surface area contributed by atoms with E-state index in [-0.39, 0.29) is 10.8 Å². The number of hydrogen-bond donors (Lipinski definition) is 1. The van der Waals surface area contributed by atoms with Crippen molar-refractivity contribution in [3.63, 3.8) is 0 Å². The van der Waals surface area contributed by atoms with Crippen LogP contribution in [-0.2, 0) is 16.4 Å². The first-order chi connectivity index (χ1) is 13.8. The number of anilines is 2. The van der Waals surface area contributed by atoms with Gasteiger partial charge in [-0.1, -0.05) is 12.1 Å². The molecule has 0 spiro atoms. The first kappa shape index (κ1) is 19.7. The molecule has 0 saturated carbocycles. The minimum atomic E-state index is -3.69. The lowest BCUT2D eigenvalue weighted by atomic mass is 10.1. The quantitative estimate of drug-likeness (QED) is 0.659. The van der Waals surface area contributed by atoms with Crippen molar-refractivity contribution in [3.05, 3.63) is 75.0 Å². The number of sulfonamides is 1. The average molecular weight is 427 g/mol. The predicted molar refractivity (Wildman–Crippen MR) is 118 cm³/mol. The first-order valence-corrected chi connectivity index (χ1v) is 11.7. The molecule has 29 heavy (non-hydrogen) atoms. The summed E-state index contributed by atoms with van der Waals surface area (Å²) in [6, 6.07) is 12.6. The third-order valence-corrected chi connectivity index (χ3v) is 7.67. The molecule has 1 N–H and O–H groups in total. The molecule has 0 fully saturated rings. The average Bonchev–Trinajstić information content (AvgIpc) is 3.33. The Bertz CT molecular complexity index is 1200. The van der Waals surface area contributed by atoms with Crippen LogP contribution in [0.5, 0.6) is 0 Å². The van der Waals surface area contributed by atoms with E-state index in [4.69, 9.17) is 0 Å². The van der Waals surface area contributed by atoms with E-state index in [9.17, 15) is 13.2 Å². The van der Waals surface area contributed by atoms with Gasteiger partial charge < -0.3 is 4.90 Å². The fourth-order valence-corrected chi connectivity index (χ4v) is 5.68. The Labute approximate surface area is 175 Å². The normalized spacial score (nSPS) is 13.4. The lowest BCUT2D eigenvalue weighted by molar-refractivity contribution is 0.0993. The number of aryl methyl sites for hydroxylation is 3. The molecule has 150 valence electrons. The van der Waals surface area contributed by atoms with Gasteiger partial charge in [0.05, 0.1) is 9.77 Å². The highest BCUT2D eigenvalue weighted by atomic mass is 32.2. The molecule has 2 heterocycles. The van der Waals surface area contributed by atoms with Gasteiger partial charge in [-0.2, -0.15) is 0 Å². The molecular formula is C22H22N2O3S2. The fourth-order valence-electron chi connectivity index (χ4n) is 3.64. The number of rotatable bonds is 4. The van der Waals surface area contributed by atoms with Gasteiger partial charge in [0.15, 0.2) is 0 Å². The maximum atomic E-state index is 12.9. The van der Waals surface area contributed by atoms with Crippen molar-refractivity contribution in [2.45, 2.75) is 32.1 Å². The van der Waals surface area contributed by atoms with Crippen molar-refractivity contribution in [1.82, 2.24) is 0 Å². The summed E-state index contributed by atoms with van der Waals surface area (Å²) < 4.78 is 28.6. The van der Waals surface area contributed by atoms with Crippen LogP contribution in [0.3, 0.4) is 0 Å². The molecule has 1 aromatic heterocycles. The highest BCUT2D eigenvalue weighted by Crippen LogP contribution is 2.33. The molecule has 0 saturated heterocycles. The van der Waals surface area contributed by atoms with E-state index in [0.29, 0.717) is 23.5 Å². The van der Waals surface area contributed by atoms with Crippen LogP contribution in [-0.4, -0.2) is 20.9 Å². The van der Waals surface area contributed by atoms with Crippen LogP contribution in [0.15, 0.2) is 52.7 Å². The second kappa shape index (κ2) is 7.31. The van der Waals surface area contributed by atoms with Crippen molar-refractivity contribution in [1.29, 1.82) is 0 Å². The Morgan fingerprint density at radius 2 is 1.79 bits per heavy atom. The van der Waals surface area contributed by atoms with E-state index in [1.54, 1.807) is 24.0 Å². The largest absolute Gasteiger partial charge is 0.307 e. The van der Waals surface area contributed by atoms with Crippen LogP contribution in [0, 0.1) is 20.8 Å². The minimum absolute atomic E-state index is 0.0159. The summed E-state index contributed by atoms with van der Waals surface area (Å²) in [5.74, 6) is -0.0159. The van der Waals surface area contributed by atoms with E-state index in [0.717, 1.165) is 27.9 Å². The van der Waals surface area contributed by atoms with E-state index in [1.165, 1.54) is 11.3 Å². The summed E-state index contributed by atoms with van der Waals surface area (Å²) in [6.45, 7) is 6.27. The standard InChI is InChI=1S/C22H22N2O3S2/c1-14-11-16(3)21(12-15(14)2)29(26,27)23-18-6-7-19-17(13-18)8-9-24(19)22(25)20-5-4-10-28-20/h4-7,10-13,23H,8-9H2,1-3H3. The highest BCUT2D eigenvalue weighted by molar-refractivity contribution is 7.92. The molecule has 7 heteroatoms. The molecule has 0 radical (unpaired) electrons. The molecular weight excluding hydrogens is 404 g/mol. The zero-order valence-electron chi connectivity index (χ0n) is 16.5. The fraction of sp³-hybridized carbons (Fsp3) is 0.227. The molecule has 1 amide bonds. The van der Waals surface area contributed by atoms with E-state index in [1.807, 2.05) is 49.6 Å². The Morgan fingerprint density at radius 1 is 1.03 bits per heavy atom. The molecule has 1 aliphatic rings. The minimum Gasteiger partial charge on any atom is -0.307 e. The maximum Gasteiger partial charge on any atom is 0.268 e. The van der Waals surface area contributed by atoms with Gasteiger partial charge in [-0.25, -0.2) is 8.42 Å². The summed E-state index contributed by atoms with van der Waals surface area (Å²) in [7, 11) is -3.69. The summed E-state index contributed by atoms with van der Waals surface area (Å²) >= 11 is 1.42. The van der Waals surface area contributed by atoms with Crippen LogP contribution in [0.4, 0.5) is 11.4 Å². The Balaban J connectivity index is 1.60. The Hall–Kier alpha value is -2.64. The third kappa shape index (κ3) is 3.68. The Kier molecular flexibility index (Phi) is 4.96. The summed E-state index contributed by atoms with van der Waals surface area (Å²) in [5, 5.41) is 1.89. The van der Waals surface area contributed by atoms with Crippen molar-refractivity contribution < 1.29 is 13.2 Å². The molecule has 0 unspecified atom stereocenters. The van der Waals surface area contributed by atoms with Gasteiger partial charge in [-0.05, 0) is 85.2 Å². The van der Waals surface area contributed by atoms with Crippen molar-refractivity contribution in [3.8, 4) is 0 Å². The van der Waals surface area contributed by atoms with Crippen molar-refractivity contribution >= 4 is 38.6 Å². The van der Waals surface area contributed by atoms with E-state index in [2.05, 4.69) is 4.72 Å². The van der Waals surface area contributed by atoms with Gasteiger partial charge in [0.25, 0.3) is 15.9 Å². The van der Waals surface area contributed by atoms with Gasteiger partial charge in [0.1, 0.15) is 0 Å². The van der Waals surface area contributed by atoms with Gasteiger partial charge in [0, 0.05) is 17.9 Å². The van der Waals surface area contributed by atoms with Crippen molar-refractivity contribution in [2.24, 2.45) is 0 Å². The van der Waals surface area contributed by atoms with Crippen LogP contribution in [0.1, 0.15) is 31.9 Å². The smallest absolute Gasteiger partial charge is 0.268 e. The number of carbonyl (C=O) groups is 1. The molecule has 1 aliphatic heterocycles. The molecule has 5 nitrogen and oxygen atoms in total. The maximum absolute atomic E-state index is 12.9. The monoisotopic (exact) mass is 426 g/mol. The number of nitrogens with one attached hydrogen (secondary N) is 1. The third-order valence-electron chi connectivity index (χ3n) is 5.29. The topological polar surface area (TPSA) is 66.5 Å². The van der Waals surface area contributed by atoms with E-state index >= 15 is 0 Å². The molecule has 2 aromatic carbocycles. The lowest BCUT2D eigenvalue weighted by Crippen LogP contribution is -2.28. The first-order valence-electron chi connectivity index (χ1n) is 9.35. The van der Waals surface area contributed by atoms with Crippen LogP contribution in [0.2, 0.25) is 0 Å². The predicted octanol–water partition coefficient (Wildman–Crippen LogP) is 4.68. The van der Waals surface area contributed by atoms with Gasteiger partial charge in [-0.15, -0.1) is 11.3 Å². The number of carbonyl (C=O) groups excluding carboxylic acids is 1. The van der Waals surface area contributed by atoms with E-state index < -0.39 is 10.0 Å². The van der Waals surface area contributed by atoms with Crippen LogP contribution >= 0.6 is 11.3 Å². The Morgan fingerprint density at radius 3 is 2.52 bits per heavy atom. The number of hydrogen-bond acceptors (Lipinski definition) is 4. The van der Waals surface area contributed by atoms with Crippen LogP contribution < -0.4 is 9.62 Å². The number of thiophene rings is 1. The molecule has 4 rings (SSSR count). The molecule has 0 aliphatic carbocycles. The summed E-state index contributed by atoms with van der Waals surface area (Å²) in [6.07, 6.45) is 0.699. The number of fused-ring (bicyclic) bond motifs is 1. The zero-order chi connectivity index (χ0) is 20.8. The lowest BCUT2D eigenvalue weighted by Gasteiger charge is -2.17. The molecule has 3 aromatic rings. The summed E-state index contributed by atoms with van der Waals surface area (Å²) in [5.41, 5.74) is 5.03. The zero-order valence-corrected chi connectivity index (χ0v) is 18.2. The van der Waals surface area contributed by atoms with Gasteiger partial charge >= 0.3 is 0 Å². The number of nitrogens with zero attached hydrogens (tertiary/aromatic N) is 1. The molecule has 0 bridgehead atoms. The van der Waals surface area contributed by atoms with Gasteiger partial charge in [-0.3, -0.25) is 9.52 Å². The number of amides is 1.